The average molecular weight is 384 g/mol. The topological polar surface area (TPSA) is 130 Å². The molecule has 142 valence electrons. The first-order valence-electron chi connectivity index (χ1n) is 8.87. The second-order valence-corrected chi connectivity index (χ2v) is 6.27. The number of nitriles is 2. The van der Waals surface area contributed by atoms with E-state index in [4.69, 9.17) is 15.2 Å². The van der Waals surface area contributed by atoms with Gasteiger partial charge in [0.2, 0.25) is 0 Å². The summed E-state index contributed by atoms with van der Waals surface area (Å²) in [6.07, 6.45) is 3.40. The van der Waals surface area contributed by atoms with Crippen molar-refractivity contribution in [3.63, 3.8) is 0 Å². The second kappa shape index (κ2) is 7.75. The van der Waals surface area contributed by atoms with Crippen LogP contribution in [0.25, 0.3) is 11.1 Å². The fourth-order valence-electron chi connectivity index (χ4n) is 3.13. The van der Waals surface area contributed by atoms with Gasteiger partial charge in [0.05, 0.1) is 0 Å². The summed E-state index contributed by atoms with van der Waals surface area (Å²) >= 11 is 0. The first-order chi connectivity index (χ1) is 14.2. The molecule has 8 nitrogen and oxygen atoms in total. The van der Waals surface area contributed by atoms with Crippen LogP contribution in [0, 0.1) is 22.7 Å². The van der Waals surface area contributed by atoms with Crippen molar-refractivity contribution in [3.8, 4) is 34.8 Å². The highest BCUT2D eigenvalue weighted by Crippen LogP contribution is 2.39. The van der Waals surface area contributed by atoms with E-state index in [0.717, 1.165) is 5.56 Å². The maximum atomic E-state index is 9.86. The minimum absolute atomic E-state index is 0.0464. The van der Waals surface area contributed by atoms with E-state index >= 15 is 0 Å². The summed E-state index contributed by atoms with van der Waals surface area (Å²) < 4.78 is 11.2. The first-order valence-corrected chi connectivity index (χ1v) is 8.87. The van der Waals surface area contributed by atoms with Crippen LogP contribution in [0.2, 0.25) is 0 Å². The molecule has 0 atom stereocenters. The quantitative estimate of drug-likeness (QED) is 0.702. The molecule has 1 aliphatic rings. The zero-order valence-corrected chi connectivity index (χ0v) is 15.3. The molecule has 0 bridgehead atoms. The summed E-state index contributed by atoms with van der Waals surface area (Å²) in [5.74, 6) is 1.53. The molecule has 8 heteroatoms. The van der Waals surface area contributed by atoms with Crippen molar-refractivity contribution in [2.45, 2.75) is 6.54 Å². The predicted molar refractivity (Wildman–Crippen MR) is 106 cm³/mol. The van der Waals surface area contributed by atoms with Gasteiger partial charge in [-0.25, -0.2) is 4.98 Å². The normalized spacial score (nSPS) is 11.9. The molecule has 29 heavy (non-hydrogen) atoms. The van der Waals surface area contributed by atoms with Gasteiger partial charge in [0.15, 0.2) is 11.5 Å². The smallest absolute Gasteiger partial charge is 0.161 e. The van der Waals surface area contributed by atoms with Crippen LogP contribution in [0.1, 0.15) is 16.7 Å². The minimum atomic E-state index is 0.0464. The van der Waals surface area contributed by atoms with Crippen molar-refractivity contribution >= 4 is 11.6 Å². The summed E-state index contributed by atoms with van der Waals surface area (Å²) in [7, 11) is 0. The number of fused-ring (bicyclic) bond motifs is 1. The molecule has 3 heterocycles. The summed E-state index contributed by atoms with van der Waals surface area (Å²) in [5, 5.41) is 22.6. The highest BCUT2D eigenvalue weighted by atomic mass is 16.6. The molecule has 0 saturated heterocycles. The van der Waals surface area contributed by atoms with E-state index in [0.29, 0.717) is 48.2 Å². The van der Waals surface area contributed by atoms with Crippen LogP contribution in [0.15, 0.2) is 42.7 Å². The van der Waals surface area contributed by atoms with Crippen molar-refractivity contribution in [1.29, 1.82) is 10.5 Å². The molecule has 0 amide bonds. The van der Waals surface area contributed by atoms with E-state index < -0.39 is 0 Å². The van der Waals surface area contributed by atoms with Gasteiger partial charge in [0.1, 0.15) is 48.1 Å². The fourth-order valence-corrected chi connectivity index (χ4v) is 3.13. The van der Waals surface area contributed by atoms with Crippen molar-refractivity contribution in [3.05, 3.63) is 59.4 Å². The molecule has 1 aromatic carbocycles. The number of nitrogens with one attached hydrogen (secondary N) is 1. The standard InChI is InChI=1S/C21H16N6O2/c22-9-15-19(14-3-4-17-18(8-14)29-7-6-28-17)16(10-23)21(27-20(15)24)26-12-13-2-1-5-25-11-13/h1-5,8,11H,6-7,12H2,(H3,24,26,27). The van der Waals surface area contributed by atoms with Crippen LogP contribution >= 0.6 is 0 Å². The van der Waals surface area contributed by atoms with Crippen LogP contribution in [-0.4, -0.2) is 23.2 Å². The minimum Gasteiger partial charge on any atom is -0.486 e. The molecule has 1 aliphatic heterocycles. The van der Waals surface area contributed by atoms with Gasteiger partial charge in [-0.1, -0.05) is 12.1 Å². The zero-order valence-electron chi connectivity index (χ0n) is 15.3. The monoisotopic (exact) mass is 384 g/mol. The largest absolute Gasteiger partial charge is 0.486 e. The van der Waals surface area contributed by atoms with Crippen LogP contribution < -0.4 is 20.5 Å². The number of anilines is 2. The molecule has 3 aromatic rings. The van der Waals surface area contributed by atoms with Crippen LogP contribution in [0.3, 0.4) is 0 Å². The highest BCUT2D eigenvalue weighted by molar-refractivity contribution is 5.85. The Morgan fingerprint density at radius 1 is 1.07 bits per heavy atom. The molecule has 3 N–H and O–H groups in total. The Labute approximate surface area is 167 Å². The molecule has 0 fully saturated rings. The average Bonchev–Trinajstić information content (AvgIpc) is 2.77. The van der Waals surface area contributed by atoms with E-state index in [2.05, 4.69) is 27.4 Å². The number of nitrogens with zero attached hydrogens (tertiary/aromatic N) is 4. The number of hydrogen-bond acceptors (Lipinski definition) is 8. The van der Waals surface area contributed by atoms with Crippen LogP contribution in [0.5, 0.6) is 11.5 Å². The lowest BCUT2D eigenvalue weighted by Crippen LogP contribution is -2.15. The van der Waals surface area contributed by atoms with Gasteiger partial charge >= 0.3 is 0 Å². The number of nitrogen functional groups attached to an aromatic ring is 1. The van der Waals surface area contributed by atoms with Gasteiger partial charge < -0.3 is 20.5 Å². The molecular formula is C21H16N6O2. The third kappa shape index (κ3) is 3.47. The molecule has 0 radical (unpaired) electrons. The van der Waals surface area contributed by atoms with Gasteiger partial charge in [-0.2, -0.15) is 10.5 Å². The first kappa shape index (κ1) is 18.1. The molecular weight excluding hydrogens is 368 g/mol. The number of benzene rings is 1. The van der Waals surface area contributed by atoms with Gasteiger partial charge in [0.25, 0.3) is 0 Å². The van der Waals surface area contributed by atoms with Crippen molar-refractivity contribution < 1.29 is 9.47 Å². The van der Waals surface area contributed by atoms with Crippen molar-refractivity contribution in [2.75, 3.05) is 24.3 Å². The van der Waals surface area contributed by atoms with E-state index in [-0.39, 0.29) is 16.9 Å². The second-order valence-electron chi connectivity index (χ2n) is 6.27. The number of aromatic nitrogens is 2. The fraction of sp³-hybridized carbons (Fsp3) is 0.143. The maximum Gasteiger partial charge on any atom is 0.161 e. The lowest BCUT2D eigenvalue weighted by Gasteiger charge is -2.20. The van der Waals surface area contributed by atoms with Gasteiger partial charge in [-0.15, -0.1) is 0 Å². The predicted octanol–water partition coefficient (Wildman–Crippen LogP) is 2.85. The third-order valence-corrected chi connectivity index (χ3v) is 4.46. The van der Waals surface area contributed by atoms with Crippen LogP contribution in [0.4, 0.5) is 11.6 Å². The Balaban J connectivity index is 1.81. The zero-order chi connectivity index (χ0) is 20.2. The molecule has 0 aliphatic carbocycles. The number of hydrogen-bond donors (Lipinski definition) is 2. The summed E-state index contributed by atoms with van der Waals surface area (Å²) in [6.45, 7) is 1.31. The Morgan fingerprint density at radius 3 is 2.59 bits per heavy atom. The maximum absolute atomic E-state index is 9.86. The van der Waals surface area contributed by atoms with E-state index in [1.54, 1.807) is 30.6 Å². The third-order valence-electron chi connectivity index (χ3n) is 4.46. The number of nitrogens with two attached hydrogens (primary N) is 1. The molecule has 2 aromatic heterocycles. The molecule has 0 saturated carbocycles. The molecule has 0 spiro atoms. The van der Waals surface area contributed by atoms with Gasteiger partial charge in [-0.3, -0.25) is 4.98 Å². The van der Waals surface area contributed by atoms with Crippen LogP contribution in [-0.2, 0) is 6.54 Å². The highest BCUT2D eigenvalue weighted by Gasteiger charge is 2.22. The van der Waals surface area contributed by atoms with Crippen molar-refractivity contribution in [1.82, 2.24) is 9.97 Å². The van der Waals surface area contributed by atoms with Gasteiger partial charge in [0, 0.05) is 24.5 Å². The lowest BCUT2D eigenvalue weighted by molar-refractivity contribution is 0.171. The van der Waals surface area contributed by atoms with Gasteiger partial charge in [-0.05, 0) is 29.3 Å². The van der Waals surface area contributed by atoms with E-state index in [9.17, 15) is 10.5 Å². The Kier molecular flexibility index (Phi) is 4.83. The number of pyridine rings is 2. The Hall–Kier alpha value is -4.30. The Bertz CT molecular complexity index is 1150. The molecule has 4 rings (SSSR count). The van der Waals surface area contributed by atoms with Crippen molar-refractivity contribution in [2.24, 2.45) is 0 Å². The lowest BCUT2D eigenvalue weighted by atomic mass is 9.95. The summed E-state index contributed by atoms with van der Waals surface area (Å²) in [6, 6.07) is 13.2. The van der Waals surface area contributed by atoms with E-state index in [1.807, 2.05) is 12.1 Å². The molecule has 0 unspecified atom stereocenters. The van der Waals surface area contributed by atoms with E-state index in [1.165, 1.54) is 0 Å². The number of rotatable bonds is 4. The number of ether oxygens (including phenoxy) is 2. The SMILES string of the molecule is N#Cc1c(N)nc(NCc2cccnc2)c(C#N)c1-c1ccc2c(c1)OCCO2. The summed E-state index contributed by atoms with van der Waals surface area (Å²) in [5.41, 5.74) is 8.38. The summed E-state index contributed by atoms with van der Waals surface area (Å²) in [4.78, 5) is 8.32. The Morgan fingerprint density at radius 2 is 1.86 bits per heavy atom.